The topological polar surface area (TPSA) is 141 Å². The van der Waals surface area contributed by atoms with E-state index in [0.717, 1.165) is 57.1 Å². The molecule has 0 aliphatic rings. The molecule has 0 saturated heterocycles. The number of hydrogen-bond acceptors (Lipinski definition) is 11. The van der Waals surface area contributed by atoms with Crippen molar-refractivity contribution in [3.63, 3.8) is 0 Å². The second-order valence-corrected chi connectivity index (χ2v) is 24.9. The van der Waals surface area contributed by atoms with Crippen molar-refractivity contribution >= 4 is 22.7 Å². The van der Waals surface area contributed by atoms with Crippen molar-refractivity contribution in [3.8, 4) is 0 Å². The van der Waals surface area contributed by atoms with E-state index in [9.17, 15) is 0 Å². The molecule has 0 radical (unpaired) electrons. The van der Waals surface area contributed by atoms with Gasteiger partial charge in [-0.2, -0.15) is 20.4 Å². The molecule has 0 amide bonds. The first-order valence-corrected chi connectivity index (χ1v) is 30.2. The molecule has 16 heteroatoms. The summed E-state index contributed by atoms with van der Waals surface area (Å²) in [6.07, 6.45) is 0. The molecule has 9 aromatic heterocycles. The smallest absolute Gasteiger partial charge is 0.105 e. The Morgan fingerprint density at radius 1 is 0.217 bits per heavy atom. The van der Waals surface area contributed by atoms with Crippen molar-refractivity contribution in [1.29, 1.82) is 0 Å². The quantitative estimate of drug-likeness (QED) is 0.145. The third kappa shape index (κ3) is 21.6. The Bertz CT molecular complexity index is 2940. The molecule has 458 valence electrons. The largest absolute Gasteiger partial charge is 0.335 e. The standard InChI is InChI=1S/2C10H15N.5C7H12N2.2C6H9NS/c2*1-6-7(2)9(4)11-10(5)8(6)3;1-5-6(2)9(4)7(3)8-5;4*1-5-6(2)8-9(4)7(5)3;2*1-4-5(2)8-6(3)7-4/h2*1-5H3;5*1-4H3;2*1-3H3. The number of imidazole rings is 1. The van der Waals surface area contributed by atoms with Gasteiger partial charge in [-0.05, 0) is 270 Å². The second-order valence-electron chi connectivity index (χ2n) is 22.1. The fraction of sp³-hybridized carbons (Fsp3) is 0.537. The van der Waals surface area contributed by atoms with Gasteiger partial charge in [0.25, 0.3) is 0 Å². The maximum atomic E-state index is 4.43. The average Bonchev–Trinajstić information content (AvgIpc) is 4.31. The Morgan fingerprint density at radius 2 is 0.446 bits per heavy atom. The van der Waals surface area contributed by atoms with Crippen LogP contribution in [0.2, 0.25) is 0 Å². The predicted molar refractivity (Wildman–Crippen MR) is 356 cm³/mol. The zero-order valence-corrected chi connectivity index (χ0v) is 60.2. The summed E-state index contributed by atoms with van der Waals surface area (Å²) in [5.41, 5.74) is 32.2. The van der Waals surface area contributed by atoms with Crippen LogP contribution in [-0.2, 0) is 35.2 Å². The lowest BCUT2D eigenvalue weighted by Gasteiger charge is -2.09. The Labute approximate surface area is 510 Å². The van der Waals surface area contributed by atoms with Gasteiger partial charge in [0.05, 0.1) is 49.9 Å². The number of aromatic nitrogens is 14. The van der Waals surface area contributed by atoms with E-state index < -0.39 is 0 Å². The van der Waals surface area contributed by atoms with Crippen molar-refractivity contribution < 1.29 is 0 Å². The molecule has 0 aliphatic carbocycles. The van der Waals surface area contributed by atoms with Crippen LogP contribution in [0.15, 0.2) is 0 Å². The molecule has 9 rings (SSSR count). The maximum absolute atomic E-state index is 4.43. The minimum atomic E-state index is 1.09. The monoisotopic (exact) mass is 1170 g/mol. The van der Waals surface area contributed by atoms with Gasteiger partial charge in [-0.3, -0.25) is 28.7 Å². The molecule has 9 heterocycles. The Balaban J connectivity index is 0.000000468. The Morgan fingerprint density at radius 3 is 0.530 bits per heavy atom. The molecule has 0 saturated carbocycles. The highest BCUT2D eigenvalue weighted by atomic mass is 32.1. The molecule has 0 aromatic carbocycles. The number of nitrogens with zero attached hydrogens (tertiary/aromatic N) is 14. The van der Waals surface area contributed by atoms with E-state index in [-0.39, 0.29) is 0 Å². The number of rotatable bonds is 0. The van der Waals surface area contributed by atoms with Gasteiger partial charge < -0.3 is 4.57 Å². The van der Waals surface area contributed by atoms with Crippen LogP contribution in [0.25, 0.3) is 0 Å². The summed E-state index contributed by atoms with van der Waals surface area (Å²) in [4.78, 5) is 24.3. The first kappa shape index (κ1) is 74.6. The minimum Gasteiger partial charge on any atom is -0.335 e. The summed E-state index contributed by atoms with van der Waals surface area (Å²) in [7, 11) is 9.90. The molecule has 83 heavy (non-hydrogen) atoms. The van der Waals surface area contributed by atoms with E-state index in [1.165, 1.54) is 115 Å². The fourth-order valence-corrected chi connectivity index (χ4v) is 9.79. The molecular formula is C67H108N14S2. The summed E-state index contributed by atoms with van der Waals surface area (Å²) in [5, 5.41) is 19.2. The third-order valence-corrected chi connectivity index (χ3v) is 18.7. The summed E-state index contributed by atoms with van der Waals surface area (Å²) >= 11 is 3.52. The number of pyridine rings is 2. The highest BCUT2D eigenvalue weighted by Crippen LogP contribution is 2.19. The van der Waals surface area contributed by atoms with Gasteiger partial charge in [-0.15, -0.1) is 22.7 Å². The molecule has 0 N–H and O–H groups in total. The van der Waals surface area contributed by atoms with Crippen molar-refractivity contribution in [2.45, 2.75) is 215 Å². The van der Waals surface area contributed by atoms with Crippen LogP contribution in [-0.4, -0.2) is 68.6 Å². The number of hydrogen-bond donors (Lipinski definition) is 0. The molecule has 0 spiro atoms. The molecule has 0 atom stereocenters. The third-order valence-electron chi connectivity index (χ3n) is 16.7. The van der Waals surface area contributed by atoms with Gasteiger partial charge in [0.2, 0.25) is 0 Å². The lowest BCUT2D eigenvalue weighted by atomic mass is 10.0. The SMILES string of the molecule is Cc1nc(C)c(C)c(C)c1C.Cc1nc(C)c(C)c(C)c1C.Cc1nc(C)c(C)s1.Cc1nc(C)c(C)s1.Cc1nc(C)n(C)c1C.Cc1nn(C)c(C)c1C.Cc1nn(C)c(C)c1C.Cc1nn(C)c(C)c1C.Cc1nn(C)c(C)c1C. The van der Waals surface area contributed by atoms with Gasteiger partial charge in [0.1, 0.15) is 5.82 Å². The highest BCUT2D eigenvalue weighted by Gasteiger charge is 2.08. The first-order chi connectivity index (χ1) is 38.1. The Hall–Kier alpha value is -6.39. The van der Waals surface area contributed by atoms with Crippen molar-refractivity contribution in [1.82, 2.24) is 68.6 Å². The summed E-state index contributed by atoms with van der Waals surface area (Å²) in [5.74, 6) is 1.09. The predicted octanol–water partition coefficient (Wildman–Crippen LogP) is 16.1. The first-order valence-electron chi connectivity index (χ1n) is 28.6. The van der Waals surface area contributed by atoms with Crippen LogP contribution in [0, 0.1) is 215 Å². The zero-order valence-electron chi connectivity index (χ0n) is 58.6. The van der Waals surface area contributed by atoms with Crippen molar-refractivity contribution in [3.05, 3.63) is 172 Å². The summed E-state index contributed by atoms with van der Waals surface area (Å²) in [6, 6.07) is 0. The average molecular weight is 1170 g/mol. The lowest BCUT2D eigenvalue weighted by molar-refractivity contribution is 0.730. The normalized spacial score (nSPS) is 10.2. The van der Waals surface area contributed by atoms with Crippen LogP contribution in [0.5, 0.6) is 0 Å². The van der Waals surface area contributed by atoms with E-state index in [1.54, 1.807) is 22.7 Å². The van der Waals surface area contributed by atoms with Gasteiger partial charge in [-0.25, -0.2) is 15.0 Å². The molecule has 0 aliphatic heterocycles. The Kier molecular flexibility index (Phi) is 29.8. The molecule has 0 bridgehead atoms. The fourth-order valence-electron chi connectivity index (χ4n) is 8.15. The van der Waals surface area contributed by atoms with Gasteiger partial charge in [0.15, 0.2) is 0 Å². The van der Waals surface area contributed by atoms with E-state index in [0.29, 0.717) is 0 Å². The van der Waals surface area contributed by atoms with Crippen LogP contribution in [0.4, 0.5) is 0 Å². The zero-order chi connectivity index (χ0) is 64.6. The van der Waals surface area contributed by atoms with Crippen LogP contribution in [0.1, 0.15) is 172 Å². The van der Waals surface area contributed by atoms with E-state index in [4.69, 9.17) is 0 Å². The second kappa shape index (κ2) is 33.2. The van der Waals surface area contributed by atoms with Gasteiger partial charge in [-0.1, -0.05) is 0 Å². The van der Waals surface area contributed by atoms with Gasteiger partial charge in [0, 0.05) is 96.2 Å². The number of thiazole rings is 2. The molecule has 9 aromatic rings. The lowest BCUT2D eigenvalue weighted by Crippen LogP contribution is -1.98. The molecular weight excluding hydrogens is 1060 g/mol. The minimum absolute atomic E-state index is 1.09. The van der Waals surface area contributed by atoms with Crippen molar-refractivity contribution in [2.75, 3.05) is 0 Å². The summed E-state index contributed by atoms with van der Waals surface area (Å²) < 4.78 is 9.72. The van der Waals surface area contributed by atoms with Crippen LogP contribution in [0.3, 0.4) is 0 Å². The maximum Gasteiger partial charge on any atom is 0.105 e. The molecule has 14 nitrogen and oxygen atoms in total. The summed E-state index contributed by atoms with van der Waals surface area (Å²) in [6.45, 7) is 64.4. The highest BCUT2D eigenvalue weighted by molar-refractivity contribution is 7.11. The molecule has 0 fully saturated rings. The van der Waals surface area contributed by atoms with E-state index >= 15 is 0 Å². The van der Waals surface area contributed by atoms with E-state index in [2.05, 4.69) is 195 Å². The molecule has 0 unspecified atom stereocenters. The van der Waals surface area contributed by atoms with Crippen LogP contribution < -0.4 is 0 Å². The van der Waals surface area contributed by atoms with Crippen molar-refractivity contribution in [2.24, 2.45) is 35.2 Å². The van der Waals surface area contributed by atoms with E-state index in [1.807, 2.05) is 123 Å². The van der Waals surface area contributed by atoms with Gasteiger partial charge >= 0.3 is 0 Å². The number of aryl methyl sites for hydroxylation is 20. The van der Waals surface area contributed by atoms with Crippen LogP contribution >= 0.6 is 22.7 Å².